The number of urea groups is 1. The molecule has 2 aliphatic rings. The fraction of sp³-hybridized carbons (Fsp3) is 0.276. The van der Waals surface area contributed by atoms with Crippen LogP contribution in [0, 0.1) is 0 Å². The van der Waals surface area contributed by atoms with E-state index in [1.165, 1.54) is 21.0 Å². The predicted molar refractivity (Wildman–Crippen MR) is 144 cm³/mol. The molecule has 36 heavy (non-hydrogen) atoms. The predicted octanol–water partition coefficient (Wildman–Crippen LogP) is 6.06. The SMILES string of the molecule is CCOc1ccc(NC(=O)N2Cc3c(sc4c3CCN(C)C4)-n3cccc3[C@H]2c2ccccc2)cc1. The molecule has 184 valence electrons. The van der Waals surface area contributed by atoms with E-state index in [0.29, 0.717) is 13.2 Å². The van der Waals surface area contributed by atoms with E-state index >= 15 is 0 Å². The smallest absolute Gasteiger partial charge is 0.322 e. The largest absolute Gasteiger partial charge is 0.494 e. The second-order valence-corrected chi connectivity index (χ2v) is 10.5. The van der Waals surface area contributed by atoms with E-state index in [-0.39, 0.29) is 12.1 Å². The maximum Gasteiger partial charge on any atom is 0.322 e. The minimum Gasteiger partial charge on any atom is -0.494 e. The number of aromatic nitrogens is 1. The molecule has 0 saturated heterocycles. The van der Waals surface area contributed by atoms with Gasteiger partial charge in [0.15, 0.2) is 0 Å². The second kappa shape index (κ2) is 9.48. The second-order valence-electron chi connectivity index (χ2n) is 9.41. The van der Waals surface area contributed by atoms with Crippen molar-refractivity contribution in [1.82, 2.24) is 14.4 Å². The summed E-state index contributed by atoms with van der Waals surface area (Å²) in [7, 11) is 2.18. The number of hydrogen-bond donors (Lipinski definition) is 1. The van der Waals surface area contributed by atoms with Gasteiger partial charge in [-0.05, 0) is 67.9 Å². The molecular weight excluding hydrogens is 468 g/mol. The van der Waals surface area contributed by atoms with Crippen LogP contribution in [0.2, 0.25) is 0 Å². The molecule has 6 nitrogen and oxygen atoms in total. The van der Waals surface area contributed by atoms with Crippen LogP contribution in [0.25, 0.3) is 5.00 Å². The van der Waals surface area contributed by atoms with Crippen LogP contribution in [0.1, 0.15) is 40.2 Å². The third-order valence-corrected chi connectivity index (χ3v) is 8.31. The monoisotopic (exact) mass is 498 g/mol. The quantitative estimate of drug-likeness (QED) is 0.372. The van der Waals surface area contributed by atoms with Gasteiger partial charge in [0.05, 0.1) is 24.9 Å². The lowest BCUT2D eigenvalue weighted by molar-refractivity contribution is 0.194. The Hall–Kier alpha value is -3.55. The third kappa shape index (κ3) is 4.08. The molecule has 6 rings (SSSR count). The van der Waals surface area contributed by atoms with Crippen LogP contribution >= 0.6 is 11.3 Å². The number of thiophene rings is 1. The zero-order valence-electron chi connectivity index (χ0n) is 20.6. The zero-order valence-corrected chi connectivity index (χ0v) is 21.4. The maximum atomic E-state index is 14.0. The van der Waals surface area contributed by atoms with Crippen LogP contribution < -0.4 is 10.1 Å². The number of nitrogens with zero attached hydrogens (tertiary/aromatic N) is 3. The van der Waals surface area contributed by atoms with Crippen LogP contribution in [0.15, 0.2) is 72.9 Å². The van der Waals surface area contributed by atoms with Crippen LogP contribution in [-0.2, 0) is 19.5 Å². The molecule has 2 aromatic heterocycles. The Bertz CT molecular complexity index is 1380. The molecule has 2 aromatic carbocycles. The number of likely N-dealkylation sites (N-methyl/N-ethyl adjacent to an activating group) is 1. The van der Waals surface area contributed by atoms with Gasteiger partial charge in [-0.3, -0.25) is 0 Å². The first-order valence-electron chi connectivity index (χ1n) is 12.5. The Morgan fingerprint density at radius 1 is 1.03 bits per heavy atom. The molecule has 1 atom stereocenters. The highest BCUT2D eigenvalue weighted by Crippen LogP contribution is 2.43. The van der Waals surface area contributed by atoms with Gasteiger partial charge < -0.3 is 24.4 Å². The van der Waals surface area contributed by atoms with Gasteiger partial charge in [-0.2, -0.15) is 0 Å². The van der Waals surface area contributed by atoms with E-state index in [1.807, 2.05) is 65.6 Å². The van der Waals surface area contributed by atoms with Crippen LogP contribution in [0.4, 0.5) is 10.5 Å². The highest BCUT2D eigenvalue weighted by atomic mass is 32.1. The summed E-state index contributed by atoms with van der Waals surface area (Å²) in [5, 5.41) is 4.40. The number of carbonyl (C=O) groups is 1. The number of fused-ring (bicyclic) bond motifs is 5. The number of amides is 2. The summed E-state index contributed by atoms with van der Waals surface area (Å²) in [5.41, 5.74) is 5.65. The summed E-state index contributed by atoms with van der Waals surface area (Å²) in [5.74, 6) is 0.796. The Labute approximate surface area is 215 Å². The van der Waals surface area contributed by atoms with E-state index in [1.54, 1.807) is 0 Å². The Morgan fingerprint density at radius 2 is 1.83 bits per heavy atom. The first kappa shape index (κ1) is 22.9. The number of ether oxygens (including phenoxy) is 1. The van der Waals surface area contributed by atoms with E-state index in [0.717, 1.165) is 42.2 Å². The molecule has 0 saturated carbocycles. The fourth-order valence-corrected chi connectivity index (χ4v) is 6.78. The van der Waals surface area contributed by atoms with Gasteiger partial charge in [0.2, 0.25) is 0 Å². The van der Waals surface area contributed by atoms with Gasteiger partial charge in [0, 0.05) is 35.4 Å². The van der Waals surface area contributed by atoms with Crippen molar-refractivity contribution in [1.29, 1.82) is 0 Å². The summed E-state index contributed by atoms with van der Waals surface area (Å²) in [6, 6.07) is 21.8. The number of nitrogens with one attached hydrogen (secondary N) is 1. The van der Waals surface area contributed by atoms with Gasteiger partial charge in [0.1, 0.15) is 10.8 Å². The number of benzene rings is 2. The molecule has 7 heteroatoms. The highest BCUT2D eigenvalue weighted by molar-refractivity contribution is 7.15. The average Bonchev–Trinajstić information content (AvgIpc) is 3.47. The van der Waals surface area contributed by atoms with Gasteiger partial charge in [-0.1, -0.05) is 30.3 Å². The number of hydrogen-bond acceptors (Lipinski definition) is 4. The Morgan fingerprint density at radius 3 is 2.61 bits per heavy atom. The van der Waals surface area contributed by atoms with E-state index in [2.05, 4.69) is 52.3 Å². The summed E-state index contributed by atoms with van der Waals surface area (Å²) >= 11 is 1.87. The van der Waals surface area contributed by atoms with Crippen molar-refractivity contribution in [2.45, 2.75) is 32.5 Å². The Kier molecular flexibility index (Phi) is 6.03. The topological polar surface area (TPSA) is 49.7 Å². The van der Waals surface area contributed by atoms with Crippen molar-refractivity contribution >= 4 is 23.1 Å². The molecule has 2 amide bonds. The molecule has 4 heterocycles. The van der Waals surface area contributed by atoms with Gasteiger partial charge in [-0.25, -0.2) is 4.79 Å². The van der Waals surface area contributed by atoms with Crippen LogP contribution in [-0.4, -0.2) is 40.6 Å². The number of rotatable bonds is 4. The minimum atomic E-state index is -0.203. The molecule has 4 aromatic rings. The first-order valence-corrected chi connectivity index (χ1v) is 13.3. The summed E-state index contributed by atoms with van der Waals surface area (Å²) in [6.07, 6.45) is 3.16. The first-order chi connectivity index (χ1) is 17.6. The van der Waals surface area contributed by atoms with Gasteiger partial charge in [0.25, 0.3) is 0 Å². The van der Waals surface area contributed by atoms with Crippen molar-refractivity contribution in [3.8, 4) is 10.8 Å². The lowest BCUT2D eigenvalue weighted by atomic mass is 10.0. The van der Waals surface area contributed by atoms with Crippen LogP contribution in [0.3, 0.4) is 0 Å². The summed E-state index contributed by atoms with van der Waals surface area (Å²) in [6.45, 7) is 5.14. The molecule has 0 unspecified atom stereocenters. The number of anilines is 1. The molecule has 1 N–H and O–H groups in total. The molecular formula is C29H30N4O2S. The van der Waals surface area contributed by atoms with Crippen molar-refractivity contribution < 1.29 is 9.53 Å². The van der Waals surface area contributed by atoms with Gasteiger partial charge >= 0.3 is 6.03 Å². The number of carbonyl (C=O) groups excluding carboxylic acids is 1. The Balaban J connectivity index is 1.43. The van der Waals surface area contributed by atoms with Gasteiger partial charge in [-0.15, -0.1) is 11.3 Å². The van der Waals surface area contributed by atoms with Crippen LogP contribution in [0.5, 0.6) is 5.75 Å². The van der Waals surface area contributed by atoms with E-state index in [9.17, 15) is 4.79 Å². The molecule has 2 aliphatic heterocycles. The van der Waals surface area contributed by atoms with Crippen molar-refractivity contribution in [3.05, 3.63) is 100 Å². The molecule has 0 radical (unpaired) electrons. The molecule has 0 spiro atoms. The standard InChI is InChI=1S/C29H30N4O2S/c1-3-35-22-13-11-21(12-14-22)30-29(34)33-18-24-23-15-17-31(2)19-26(23)36-28(24)32-16-7-10-25(32)27(33)20-8-5-4-6-9-20/h4-14,16,27H,3,15,17-19H2,1-2H3,(H,30,34)/t27-/m1/s1. The lowest BCUT2D eigenvalue weighted by Gasteiger charge is -2.32. The minimum absolute atomic E-state index is 0.110. The fourth-order valence-electron chi connectivity index (χ4n) is 5.33. The average molecular weight is 499 g/mol. The zero-order chi connectivity index (χ0) is 24.6. The lowest BCUT2D eigenvalue weighted by Crippen LogP contribution is -2.38. The maximum absolute atomic E-state index is 14.0. The van der Waals surface area contributed by atoms with Crippen molar-refractivity contribution in [2.24, 2.45) is 0 Å². The summed E-state index contributed by atoms with van der Waals surface area (Å²) in [4.78, 5) is 19.8. The van der Waals surface area contributed by atoms with Crippen molar-refractivity contribution in [2.75, 3.05) is 25.5 Å². The normalized spacial score (nSPS) is 17.1. The molecule has 0 fully saturated rings. The van der Waals surface area contributed by atoms with E-state index in [4.69, 9.17) is 4.74 Å². The molecule has 0 aliphatic carbocycles. The third-order valence-electron chi connectivity index (χ3n) is 7.05. The van der Waals surface area contributed by atoms with E-state index < -0.39 is 0 Å². The molecule has 0 bridgehead atoms. The summed E-state index contributed by atoms with van der Waals surface area (Å²) < 4.78 is 7.87. The van der Waals surface area contributed by atoms with Crippen molar-refractivity contribution in [3.63, 3.8) is 0 Å². The highest BCUT2D eigenvalue weighted by Gasteiger charge is 2.36.